The average Bonchev–Trinajstić information content (AvgIpc) is 3.45. The first-order valence-electron chi connectivity index (χ1n) is 16.9. The third-order valence-electron chi connectivity index (χ3n) is 9.63. The molecule has 0 aliphatic carbocycles. The number of carbonyl (C=O) groups excluding carboxylic acids is 2. The number of hydrogen-bond donors (Lipinski definition) is 0. The van der Waals surface area contributed by atoms with Crippen molar-refractivity contribution in [2.75, 3.05) is 37.7 Å². The Balaban J connectivity index is 0.00000290. The summed E-state index contributed by atoms with van der Waals surface area (Å²) in [6, 6.07) is 17.6. The molecule has 18 heteroatoms. The Morgan fingerprint density at radius 3 is 2.31 bits per heavy atom. The summed E-state index contributed by atoms with van der Waals surface area (Å²) >= 11 is 6.59. The van der Waals surface area contributed by atoms with Gasteiger partial charge in [-0.15, -0.1) is 0 Å². The third-order valence-corrected chi connectivity index (χ3v) is 10.3. The molecule has 5 heterocycles. The van der Waals surface area contributed by atoms with Crippen LogP contribution in [0.4, 0.5) is 11.4 Å². The Kier molecular flexibility index (Phi) is 14.6. The van der Waals surface area contributed by atoms with Crippen molar-refractivity contribution in [1.82, 2.24) is 29.3 Å². The largest absolute Gasteiger partial charge is 1.00 e. The molecule has 2 aliphatic rings. The Labute approximate surface area is 367 Å². The van der Waals surface area contributed by atoms with Crippen LogP contribution in [-0.4, -0.2) is 80.0 Å². The average molecular weight is 802 g/mol. The van der Waals surface area contributed by atoms with Gasteiger partial charge in [-0.25, -0.2) is 9.97 Å². The van der Waals surface area contributed by atoms with Gasteiger partial charge in [0.15, 0.2) is 0 Å². The minimum atomic E-state index is -5.40. The first-order chi connectivity index (χ1) is 25.5. The smallest absolute Gasteiger partial charge is 0.780 e. The molecule has 3 aromatic heterocycles. The van der Waals surface area contributed by atoms with Crippen LogP contribution in [0.15, 0.2) is 85.5 Å². The molecule has 0 radical (unpaired) electrons. The van der Waals surface area contributed by atoms with Crippen molar-refractivity contribution in [2.24, 2.45) is 7.05 Å². The summed E-state index contributed by atoms with van der Waals surface area (Å²) in [6.45, 7) is 5.87. The number of rotatable bonds is 9. The summed E-state index contributed by atoms with van der Waals surface area (Å²) in [4.78, 5) is 68.8. The van der Waals surface area contributed by atoms with E-state index in [9.17, 15) is 23.9 Å². The van der Waals surface area contributed by atoms with Crippen molar-refractivity contribution in [3.63, 3.8) is 0 Å². The molecule has 0 spiro atoms. The number of halogens is 1. The van der Waals surface area contributed by atoms with Crippen LogP contribution in [0, 0.1) is 6.92 Å². The number of hydrogen-bond acceptors (Lipinski definition) is 11. The minimum Gasteiger partial charge on any atom is -0.780 e. The van der Waals surface area contributed by atoms with Crippen LogP contribution in [-0.2, 0) is 29.3 Å². The molecule has 0 unspecified atom stereocenters. The van der Waals surface area contributed by atoms with Gasteiger partial charge in [0.25, 0.3) is 11.8 Å². The molecule has 7 rings (SSSR count). The van der Waals surface area contributed by atoms with Gasteiger partial charge in [-0.3, -0.25) is 24.4 Å². The van der Waals surface area contributed by atoms with E-state index >= 15 is 0 Å². The topological polar surface area (TPSA) is 169 Å². The standard InChI is InChI=1S/C37H37ClN7O7P.2Na/c1-24-32(36(47)45(28-9-11-39-12-10-28)30-20-40-37(41-21-30)52-53(48,49)50)19-34(42(24)2)33-18-27(38)7-8-31(33)35(46)44-22-26-6-4-3-5-25(26)17-29(44)23-43-13-15-51-16-14-43;;/h3-12,18-21,29H,13-17,22-23H2,1-2H3,(H2,48,49,50);;/q;2*+1/p-2/t29-;;/m0../s1. The van der Waals surface area contributed by atoms with Crippen molar-refractivity contribution in [3.8, 4) is 17.3 Å². The molecule has 2 aliphatic heterocycles. The number of ether oxygens (including phenoxy) is 1. The van der Waals surface area contributed by atoms with Gasteiger partial charge in [0.1, 0.15) is 7.82 Å². The molecule has 0 saturated carbocycles. The van der Waals surface area contributed by atoms with Crippen molar-refractivity contribution < 1.29 is 92.3 Å². The molecule has 1 saturated heterocycles. The maximum Gasteiger partial charge on any atom is 1.00 e. The van der Waals surface area contributed by atoms with E-state index in [1.54, 1.807) is 43.3 Å². The Hall–Kier alpha value is -2.95. The van der Waals surface area contributed by atoms with Gasteiger partial charge in [0.05, 0.1) is 42.5 Å². The van der Waals surface area contributed by atoms with Crippen LogP contribution in [0.5, 0.6) is 6.01 Å². The second-order valence-corrected chi connectivity index (χ2v) is 14.4. The number of phosphoric acid groups is 1. The molecule has 2 amide bonds. The number of anilines is 2. The van der Waals surface area contributed by atoms with Crippen LogP contribution in [0.1, 0.15) is 37.5 Å². The van der Waals surface area contributed by atoms with Gasteiger partial charge in [-0.1, -0.05) is 35.9 Å². The van der Waals surface area contributed by atoms with Gasteiger partial charge in [0, 0.05) is 79.2 Å². The molecule has 1 atom stereocenters. The van der Waals surface area contributed by atoms with E-state index in [0.29, 0.717) is 65.1 Å². The summed E-state index contributed by atoms with van der Waals surface area (Å²) in [7, 11) is -3.59. The van der Waals surface area contributed by atoms with Gasteiger partial charge in [-0.2, -0.15) is 0 Å². The monoisotopic (exact) mass is 801 g/mol. The number of aromatic nitrogens is 4. The maximum absolute atomic E-state index is 14.8. The zero-order valence-electron chi connectivity index (χ0n) is 30.9. The zero-order valence-corrected chi connectivity index (χ0v) is 36.6. The van der Waals surface area contributed by atoms with Crippen LogP contribution >= 0.6 is 19.4 Å². The first kappa shape index (κ1) is 43.2. The zero-order chi connectivity index (χ0) is 37.3. The van der Waals surface area contributed by atoms with Crippen molar-refractivity contribution in [2.45, 2.75) is 25.9 Å². The summed E-state index contributed by atoms with van der Waals surface area (Å²) in [5.41, 5.74) is 5.43. The Bertz CT molecular complexity index is 2200. The van der Waals surface area contributed by atoms with Gasteiger partial charge in [-0.05, 0) is 60.9 Å². The normalized spacial score (nSPS) is 15.7. The van der Waals surface area contributed by atoms with E-state index in [1.807, 2.05) is 28.6 Å². The molecule has 5 aromatic rings. The number of carbonyl (C=O) groups is 2. The summed E-state index contributed by atoms with van der Waals surface area (Å²) in [6.07, 6.45) is 6.09. The molecule has 0 N–H and O–H groups in total. The molecule has 0 bridgehead atoms. The first-order valence-corrected chi connectivity index (χ1v) is 18.7. The summed E-state index contributed by atoms with van der Waals surface area (Å²) in [5, 5.41) is 0.427. The van der Waals surface area contributed by atoms with Crippen LogP contribution in [0.2, 0.25) is 5.02 Å². The molecule has 55 heavy (non-hydrogen) atoms. The molecular weight excluding hydrogens is 767 g/mol. The number of morpholine rings is 1. The van der Waals surface area contributed by atoms with Crippen LogP contribution < -0.4 is 78.3 Å². The van der Waals surface area contributed by atoms with Crippen molar-refractivity contribution in [1.29, 1.82) is 0 Å². The number of fused-ring (bicyclic) bond motifs is 1. The SMILES string of the molecule is Cc1c(C(=O)N(c2ccncc2)c2cnc(OP(=O)([O-])[O-])nc2)cc(-c2cc(Cl)ccc2C(=O)N2Cc3ccccc3C[C@H]2CN2CCOCC2)n1C.[Na+].[Na+]. The van der Waals surface area contributed by atoms with Gasteiger partial charge >= 0.3 is 65.1 Å². The molecule has 14 nitrogen and oxygen atoms in total. The van der Waals surface area contributed by atoms with Crippen molar-refractivity contribution >= 4 is 42.6 Å². The summed E-state index contributed by atoms with van der Waals surface area (Å²) in [5.74, 6) is -0.617. The van der Waals surface area contributed by atoms with Crippen molar-refractivity contribution in [3.05, 3.63) is 118 Å². The molecule has 1 fully saturated rings. The van der Waals surface area contributed by atoms with Crippen LogP contribution in [0.3, 0.4) is 0 Å². The fourth-order valence-corrected chi connectivity index (χ4v) is 7.35. The molecular formula is C37H35ClN7Na2O7P. The van der Waals surface area contributed by atoms with E-state index in [1.165, 1.54) is 35.3 Å². The van der Waals surface area contributed by atoms with E-state index in [-0.39, 0.29) is 76.8 Å². The van der Waals surface area contributed by atoms with Gasteiger partial charge < -0.3 is 33.1 Å². The molecule has 2 aromatic carbocycles. The second kappa shape index (κ2) is 18.5. The second-order valence-electron chi connectivity index (χ2n) is 12.9. The predicted octanol–water partition coefficient (Wildman–Crippen LogP) is -2.07. The Morgan fingerprint density at radius 2 is 1.64 bits per heavy atom. The quantitative estimate of drug-likeness (QED) is 0.119. The van der Waals surface area contributed by atoms with E-state index in [2.05, 4.69) is 36.5 Å². The van der Waals surface area contributed by atoms with E-state index in [0.717, 1.165) is 25.1 Å². The predicted molar refractivity (Wildman–Crippen MR) is 193 cm³/mol. The fraction of sp³-hybridized carbons (Fsp3) is 0.270. The minimum absolute atomic E-state index is 0. The van der Waals surface area contributed by atoms with E-state index in [4.69, 9.17) is 16.3 Å². The maximum atomic E-state index is 14.8. The number of pyridine rings is 1. The van der Waals surface area contributed by atoms with Gasteiger partial charge in [0.2, 0.25) is 0 Å². The third kappa shape index (κ3) is 9.78. The number of phosphoric ester groups is 1. The number of benzene rings is 2. The Morgan fingerprint density at radius 1 is 0.964 bits per heavy atom. The summed E-state index contributed by atoms with van der Waals surface area (Å²) < 4.78 is 22.8. The fourth-order valence-electron chi connectivity index (χ4n) is 6.88. The molecule has 274 valence electrons. The van der Waals surface area contributed by atoms with E-state index < -0.39 is 19.7 Å². The number of amides is 2. The number of nitrogens with zero attached hydrogens (tertiary/aromatic N) is 7. The van der Waals surface area contributed by atoms with Crippen LogP contribution in [0.25, 0.3) is 11.3 Å².